The molecule has 0 spiro atoms. The largest absolute Gasteiger partial charge is 0.444 e. The Balaban J connectivity index is 2.30. The highest BCUT2D eigenvalue weighted by atomic mass is 16.6. The topological polar surface area (TPSA) is 55.4 Å². The Kier molecular flexibility index (Phi) is 4.97. The summed E-state index contributed by atoms with van der Waals surface area (Å²) in [7, 11) is 0. The third-order valence-corrected chi connectivity index (χ3v) is 3.74. The molecule has 0 bridgehead atoms. The number of benzene rings is 1. The number of hydrogen-bond donors (Lipinski definition) is 1. The second kappa shape index (κ2) is 6.63. The Morgan fingerprint density at radius 3 is 2.29 bits per heavy atom. The van der Waals surface area contributed by atoms with E-state index in [9.17, 15) is 9.59 Å². The normalized spacial score (nSPS) is 16.3. The van der Waals surface area contributed by atoms with Gasteiger partial charge >= 0.3 is 6.09 Å². The Hall–Kier alpha value is -2.36. The molecule has 0 radical (unpaired) electrons. The van der Waals surface area contributed by atoms with Gasteiger partial charge in [0.05, 0.1) is 5.70 Å². The van der Waals surface area contributed by atoms with E-state index in [0.717, 1.165) is 16.7 Å². The maximum absolute atomic E-state index is 12.2. The lowest BCUT2D eigenvalue weighted by Crippen LogP contribution is -2.32. The number of carbonyl (C=O) groups excluding carboxylic acids is 2. The number of hydrogen-bond acceptors (Lipinski definition) is 3. The SMILES string of the molecule is Cc1cc(C)c(C=C2C(=O)CC=C2NC(=O)OC(C)(C)C)c(C)c1. The predicted molar refractivity (Wildman–Crippen MR) is 95.7 cm³/mol. The maximum atomic E-state index is 12.2. The van der Waals surface area contributed by atoms with E-state index in [1.165, 1.54) is 5.56 Å². The van der Waals surface area contributed by atoms with Crippen LogP contribution in [0.1, 0.15) is 49.4 Å². The molecule has 0 atom stereocenters. The molecule has 4 heteroatoms. The monoisotopic (exact) mass is 327 g/mol. The van der Waals surface area contributed by atoms with Gasteiger partial charge in [0.2, 0.25) is 0 Å². The second-order valence-corrected chi connectivity index (χ2v) is 7.24. The summed E-state index contributed by atoms with van der Waals surface area (Å²) >= 11 is 0. The quantitative estimate of drug-likeness (QED) is 0.820. The molecule has 0 aliphatic heterocycles. The third kappa shape index (κ3) is 4.34. The van der Waals surface area contributed by atoms with E-state index in [-0.39, 0.29) is 5.78 Å². The van der Waals surface area contributed by atoms with E-state index in [2.05, 4.69) is 17.4 Å². The summed E-state index contributed by atoms with van der Waals surface area (Å²) in [5.74, 6) is 0.000402. The molecule has 1 aliphatic carbocycles. The molecule has 128 valence electrons. The minimum Gasteiger partial charge on any atom is -0.444 e. The van der Waals surface area contributed by atoms with Crippen molar-refractivity contribution in [3.63, 3.8) is 0 Å². The van der Waals surface area contributed by atoms with Crippen LogP contribution in [0.25, 0.3) is 6.08 Å². The number of ketones is 1. The highest BCUT2D eigenvalue weighted by molar-refractivity contribution is 6.08. The predicted octanol–water partition coefficient (Wildman–Crippen LogP) is 4.38. The Bertz CT molecular complexity index is 726. The van der Waals surface area contributed by atoms with E-state index in [4.69, 9.17) is 4.74 Å². The lowest BCUT2D eigenvalue weighted by molar-refractivity contribution is -0.114. The van der Waals surface area contributed by atoms with Crippen LogP contribution in [0.2, 0.25) is 0 Å². The number of Topliss-reactive ketones (excluding diaryl/α,β-unsaturated/α-hetero) is 1. The number of alkyl carbamates (subject to hydrolysis) is 1. The minimum absolute atomic E-state index is 0.000402. The van der Waals surface area contributed by atoms with Gasteiger partial charge < -0.3 is 4.74 Å². The van der Waals surface area contributed by atoms with Crippen LogP contribution in [0, 0.1) is 20.8 Å². The van der Waals surface area contributed by atoms with E-state index >= 15 is 0 Å². The highest BCUT2D eigenvalue weighted by Crippen LogP contribution is 2.26. The van der Waals surface area contributed by atoms with E-state index in [1.807, 2.05) is 26.8 Å². The summed E-state index contributed by atoms with van der Waals surface area (Å²) in [4.78, 5) is 24.2. The van der Waals surface area contributed by atoms with Gasteiger partial charge in [-0.25, -0.2) is 4.79 Å². The first-order chi connectivity index (χ1) is 11.1. The van der Waals surface area contributed by atoms with Crippen molar-refractivity contribution in [2.45, 2.75) is 53.6 Å². The van der Waals surface area contributed by atoms with Crippen LogP contribution in [0.3, 0.4) is 0 Å². The highest BCUT2D eigenvalue weighted by Gasteiger charge is 2.24. The zero-order valence-electron chi connectivity index (χ0n) is 15.2. The van der Waals surface area contributed by atoms with Crippen LogP contribution in [0.5, 0.6) is 0 Å². The summed E-state index contributed by atoms with van der Waals surface area (Å²) in [6.07, 6.45) is 3.34. The molecule has 0 heterocycles. The van der Waals surface area contributed by atoms with E-state index < -0.39 is 11.7 Å². The van der Waals surface area contributed by atoms with Gasteiger partial charge in [0.1, 0.15) is 5.60 Å². The van der Waals surface area contributed by atoms with Crippen LogP contribution < -0.4 is 5.32 Å². The first kappa shape index (κ1) is 18.0. The standard InChI is InChI=1S/C20H25NO3/c1-12-9-13(2)15(14(3)10-12)11-16-17(7-8-18(16)22)21-19(23)24-20(4,5)6/h7,9-11H,8H2,1-6H3,(H,21,23). The first-order valence-electron chi connectivity index (χ1n) is 8.10. The Morgan fingerprint density at radius 1 is 1.17 bits per heavy atom. The van der Waals surface area contributed by atoms with Crippen LogP contribution in [-0.2, 0) is 9.53 Å². The fourth-order valence-corrected chi connectivity index (χ4v) is 2.82. The number of ether oxygens (including phenoxy) is 1. The number of aryl methyl sites for hydroxylation is 3. The number of carbonyl (C=O) groups is 2. The van der Waals surface area contributed by atoms with Gasteiger partial charge in [0.15, 0.2) is 5.78 Å². The molecule has 0 fully saturated rings. The van der Waals surface area contributed by atoms with Gasteiger partial charge in [-0.1, -0.05) is 23.8 Å². The first-order valence-corrected chi connectivity index (χ1v) is 8.10. The van der Waals surface area contributed by atoms with Crippen LogP contribution in [-0.4, -0.2) is 17.5 Å². The average Bonchev–Trinajstić information content (AvgIpc) is 2.72. The summed E-state index contributed by atoms with van der Waals surface area (Å²) in [6, 6.07) is 4.17. The third-order valence-electron chi connectivity index (χ3n) is 3.74. The van der Waals surface area contributed by atoms with E-state index in [0.29, 0.717) is 17.7 Å². The Labute approximate surface area is 143 Å². The van der Waals surface area contributed by atoms with Gasteiger partial charge in [0, 0.05) is 12.0 Å². The molecule has 24 heavy (non-hydrogen) atoms. The van der Waals surface area contributed by atoms with Gasteiger partial charge in [0.25, 0.3) is 0 Å². The van der Waals surface area contributed by atoms with Gasteiger partial charge in [-0.15, -0.1) is 0 Å². The number of rotatable bonds is 2. The van der Waals surface area contributed by atoms with Crippen molar-refractivity contribution in [2.75, 3.05) is 0 Å². The lowest BCUT2D eigenvalue weighted by atomic mass is 9.97. The molecule has 1 N–H and O–H groups in total. The molecule has 1 aliphatic rings. The van der Waals surface area contributed by atoms with Crippen molar-refractivity contribution in [1.82, 2.24) is 5.32 Å². The molecule has 0 saturated carbocycles. The van der Waals surface area contributed by atoms with E-state index in [1.54, 1.807) is 26.8 Å². The zero-order valence-corrected chi connectivity index (χ0v) is 15.2. The molecule has 1 amide bonds. The van der Waals surface area contributed by atoms with Crippen molar-refractivity contribution in [2.24, 2.45) is 0 Å². The molecule has 1 aromatic rings. The van der Waals surface area contributed by atoms with Crippen molar-refractivity contribution in [3.05, 3.63) is 51.7 Å². The second-order valence-electron chi connectivity index (χ2n) is 7.24. The van der Waals surface area contributed by atoms with Gasteiger partial charge in [-0.05, 0) is 64.3 Å². The van der Waals surface area contributed by atoms with Crippen LogP contribution in [0.15, 0.2) is 29.5 Å². The smallest absolute Gasteiger partial charge is 0.412 e. The summed E-state index contributed by atoms with van der Waals surface area (Å²) in [5.41, 5.74) is 4.88. The zero-order chi connectivity index (χ0) is 18.1. The molecule has 0 saturated heterocycles. The fourth-order valence-electron chi connectivity index (χ4n) is 2.82. The number of allylic oxidation sites excluding steroid dienone is 2. The van der Waals surface area contributed by atoms with Crippen LogP contribution in [0.4, 0.5) is 4.79 Å². The van der Waals surface area contributed by atoms with Crippen molar-refractivity contribution in [3.8, 4) is 0 Å². The van der Waals surface area contributed by atoms with Gasteiger partial charge in [-0.2, -0.15) is 0 Å². The summed E-state index contributed by atoms with van der Waals surface area (Å²) in [6.45, 7) is 11.5. The van der Waals surface area contributed by atoms with Gasteiger partial charge in [-0.3, -0.25) is 10.1 Å². The fraction of sp³-hybridized carbons (Fsp3) is 0.400. The molecule has 0 unspecified atom stereocenters. The number of nitrogens with one attached hydrogen (secondary N) is 1. The average molecular weight is 327 g/mol. The lowest BCUT2D eigenvalue weighted by Gasteiger charge is -2.20. The maximum Gasteiger partial charge on any atom is 0.412 e. The molecular weight excluding hydrogens is 302 g/mol. The molecule has 0 aromatic heterocycles. The molecule has 4 nitrogen and oxygen atoms in total. The van der Waals surface area contributed by atoms with Crippen molar-refractivity contribution >= 4 is 18.0 Å². The van der Waals surface area contributed by atoms with Crippen molar-refractivity contribution < 1.29 is 14.3 Å². The molecular formula is C20H25NO3. The van der Waals surface area contributed by atoms with Crippen LogP contribution >= 0.6 is 0 Å². The van der Waals surface area contributed by atoms with Crippen molar-refractivity contribution in [1.29, 1.82) is 0 Å². The summed E-state index contributed by atoms with van der Waals surface area (Å²) < 4.78 is 5.27. The Morgan fingerprint density at radius 2 is 1.75 bits per heavy atom. The molecule has 1 aromatic carbocycles. The minimum atomic E-state index is -0.582. The summed E-state index contributed by atoms with van der Waals surface area (Å²) in [5, 5.41) is 2.70. The number of amides is 1. The molecule has 2 rings (SSSR count).